The molecule has 1 unspecified atom stereocenters. The van der Waals surface area contributed by atoms with Gasteiger partial charge < -0.3 is 14.6 Å². The summed E-state index contributed by atoms with van der Waals surface area (Å²) in [4.78, 5) is 27.6. The largest absolute Gasteiger partial charge is 0.376 e. The van der Waals surface area contributed by atoms with E-state index in [-0.39, 0.29) is 24.1 Å². The lowest BCUT2D eigenvalue weighted by atomic mass is 9.95. The van der Waals surface area contributed by atoms with Crippen molar-refractivity contribution in [3.8, 4) is 16.6 Å². The molecule has 2 aliphatic rings. The maximum absolute atomic E-state index is 13.1. The molecular weight excluding hydrogens is 450 g/mol. The van der Waals surface area contributed by atoms with Gasteiger partial charge in [-0.1, -0.05) is 0 Å². The summed E-state index contributed by atoms with van der Waals surface area (Å²) in [6.45, 7) is 3.15. The van der Waals surface area contributed by atoms with Gasteiger partial charge in [-0.3, -0.25) is 9.59 Å². The standard InChI is InChI=1S/C25H27N5O3S/c1-16-8-10-22(34-16)20-9-11-24(32)30(28-20)15-23(31)27-25-19(13-26)18-6-2-3-7-21(18)29(25)14-17-5-4-12-33-17/h8-11,17H,2-7,12,14-15H2,1H3,(H,27,31). The molecule has 1 N–H and O–H groups in total. The molecule has 34 heavy (non-hydrogen) atoms. The fraction of sp³-hybridized carbons (Fsp3) is 0.440. The van der Waals surface area contributed by atoms with Crippen LogP contribution in [0.25, 0.3) is 10.6 Å². The zero-order valence-electron chi connectivity index (χ0n) is 19.2. The molecule has 1 amide bonds. The molecule has 9 heteroatoms. The lowest BCUT2D eigenvalue weighted by molar-refractivity contribution is -0.117. The monoisotopic (exact) mass is 477 g/mol. The molecule has 0 spiro atoms. The first-order valence-electron chi connectivity index (χ1n) is 11.7. The van der Waals surface area contributed by atoms with Crippen molar-refractivity contribution >= 4 is 23.1 Å². The zero-order chi connectivity index (χ0) is 23.7. The van der Waals surface area contributed by atoms with E-state index in [2.05, 4.69) is 21.1 Å². The number of fused-ring (bicyclic) bond motifs is 1. The number of anilines is 1. The highest BCUT2D eigenvalue weighted by Gasteiger charge is 2.28. The summed E-state index contributed by atoms with van der Waals surface area (Å²) < 4.78 is 9.10. The number of aromatic nitrogens is 3. The predicted octanol–water partition coefficient (Wildman–Crippen LogP) is 3.65. The second kappa shape index (κ2) is 9.57. The third kappa shape index (κ3) is 4.43. The number of thiophene rings is 1. The van der Waals surface area contributed by atoms with E-state index in [9.17, 15) is 14.9 Å². The number of carbonyl (C=O) groups excluding carboxylic acids is 1. The Morgan fingerprint density at radius 2 is 2.12 bits per heavy atom. The SMILES string of the molecule is Cc1ccc(-c2ccc(=O)n(CC(=O)Nc3c(C#N)c4c(n3CC3CCCO3)CCCC4)n2)s1. The first-order chi connectivity index (χ1) is 16.5. The van der Waals surface area contributed by atoms with Gasteiger partial charge in [-0.15, -0.1) is 11.3 Å². The van der Waals surface area contributed by atoms with E-state index in [1.54, 1.807) is 17.4 Å². The minimum atomic E-state index is -0.381. The highest BCUT2D eigenvalue weighted by Crippen LogP contribution is 2.34. The minimum Gasteiger partial charge on any atom is -0.376 e. The smallest absolute Gasteiger partial charge is 0.267 e. The molecular formula is C25H27N5O3S. The van der Waals surface area contributed by atoms with E-state index in [0.717, 1.165) is 66.1 Å². The molecule has 1 fully saturated rings. The number of aryl methyl sites for hydroxylation is 1. The van der Waals surface area contributed by atoms with Gasteiger partial charge in [0.15, 0.2) is 0 Å². The molecule has 0 bridgehead atoms. The van der Waals surface area contributed by atoms with Crippen LogP contribution in [0.3, 0.4) is 0 Å². The highest BCUT2D eigenvalue weighted by molar-refractivity contribution is 7.15. The summed E-state index contributed by atoms with van der Waals surface area (Å²) in [6.07, 6.45) is 5.89. The molecule has 0 radical (unpaired) electrons. The summed E-state index contributed by atoms with van der Waals surface area (Å²) in [6, 6.07) is 9.39. The molecule has 1 saturated heterocycles. The van der Waals surface area contributed by atoms with Gasteiger partial charge in [-0.05, 0) is 69.2 Å². The molecule has 3 aromatic heterocycles. The number of amides is 1. The van der Waals surface area contributed by atoms with E-state index in [1.165, 1.54) is 10.7 Å². The molecule has 0 aromatic carbocycles. The summed E-state index contributed by atoms with van der Waals surface area (Å²) in [5.41, 5.74) is 3.00. The van der Waals surface area contributed by atoms with Crippen molar-refractivity contribution in [1.82, 2.24) is 14.3 Å². The number of hydrogen-bond donors (Lipinski definition) is 1. The van der Waals surface area contributed by atoms with E-state index in [1.807, 2.05) is 19.1 Å². The van der Waals surface area contributed by atoms with Gasteiger partial charge in [0.05, 0.1) is 23.1 Å². The van der Waals surface area contributed by atoms with Crippen LogP contribution < -0.4 is 10.9 Å². The third-order valence-corrected chi connectivity index (χ3v) is 7.53. The topological polar surface area (TPSA) is 102 Å². The van der Waals surface area contributed by atoms with Crippen molar-refractivity contribution < 1.29 is 9.53 Å². The summed E-state index contributed by atoms with van der Waals surface area (Å²) in [5.74, 6) is 0.141. The van der Waals surface area contributed by atoms with Gasteiger partial charge in [0.2, 0.25) is 5.91 Å². The quantitative estimate of drug-likeness (QED) is 0.584. The average Bonchev–Trinajstić information content (AvgIpc) is 3.56. The summed E-state index contributed by atoms with van der Waals surface area (Å²) >= 11 is 1.58. The van der Waals surface area contributed by atoms with E-state index in [0.29, 0.717) is 23.6 Å². The number of rotatable bonds is 6. The van der Waals surface area contributed by atoms with Crippen molar-refractivity contribution in [3.63, 3.8) is 0 Å². The molecule has 1 aliphatic carbocycles. The Bertz CT molecular complexity index is 1320. The Hall–Kier alpha value is -3.22. The fourth-order valence-electron chi connectivity index (χ4n) is 4.89. The van der Waals surface area contributed by atoms with Crippen molar-refractivity contribution in [2.24, 2.45) is 0 Å². The number of carbonyl (C=O) groups is 1. The Morgan fingerprint density at radius 3 is 2.85 bits per heavy atom. The van der Waals surface area contributed by atoms with Crippen molar-refractivity contribution in [2.75, 3.05) is 11.9 Å². The van der Waals surface area contributed by atoms with Crippen molar-refractivity contribution in [1.29, 1.82) is 5.26 Å². The second-order valence-corrected chi connectivity index (χ2v) is 10.2. The lowest BCUT2D eigenvalue weighted by Crippen LogP contribution is -2.30. The first kappa shape index (κ1) is 22.6. The molecule has 0 saturated carbocycles. The molecule has 4 heterocycles. The zero-order valence-corrected chi connectivity index (χ0v) is 20.0. The van der Waals surface area contributed by atoms with Crippen LogP contribution in [0, 0.1) is 18.3 Å². The van der Waals surface area contributed by atoms with Crippen LogP contribution in [-0.4, -0.2) is 33.0 Å². The summed E-state index contributed by atoms with van der Waals surface area (Å²) in [7, 11) is 0. The Kier molecular flexibility index (Phi) is 6.35. The van der Waals surface area contributed by atoms with Gasteiger partial charge in [0, 0.05) is 23.2 Å². The summed E-state index contributed by atoms with van der Waals surface area (Å²) in [5, 5.41) is 17.3. The predicted molar refractivity (Wildman–Crippen MR) is 130 cm³/mol. The normalized spacial score (nSPS) is 17.4. The average molecular weight is 478 g/mol. The van der Waals surface area contributed by atoms with Crippen molar-refractivity contribution in [3.05, 3.63) is 56.3 Å². The number of ether oxygens (including phenoxy) is 1. The van der Waals surface area contributed by atoms with E-state index >= 15 is 0 Å². The Labute approximate surface area is 201 Å². The van der Waals surface area contributed by atoms with Gasteiger partial charge in [0.1, 0.15) is 24.1 Å². The van der Waals surface area contributed by atoms with Crippen LogP contribution in [0.1, 0.15) is 47.4 Å². The molecule has 176 valence electrons. The molecule has 5 rings (SSSR count). The van der Waals surface area contributed by atoms with Crippen LogP contribution in [0.4, 0.5) is 5.82 Å². The lowest BCUT2D eigenvalue weighted by Gasteiger charge is -2.20. The maximum atomic E-state index is 13.1. The van der Waals surface area contributed by atoms with Gasteiger partial charge in [-0.25, -0.2) is 4.68 Å². The highest BCUT2D eigenvalue weighted by atomic mass is 32.1. The van der Waals surface area contributed by atoms with Crippen LogP contribution in [-0.2, 0) is 35.5 Å². The molecule has 1 atom stereocenters. The van der Waals surface area contributed by atoms with Crippen molar-refractivity contribution in [2.45, 2.75) is 64.6 Å². The van der Waals surface area contributed by atoms with E-state index < -0.39 is 0 Å². The number of hydrogen-bond acceptors (Lipinski definition) is 6. The number of nitrogens with one attached hydrogen (secondary N) is 1. The van der Waals surface area contributed by atoms with Gasteiger partial charge >= 0.3 is 0 Å². The van der Waals surface area contributed by atoms with Crippen LogP contribution in [0.15, 0.2) is 29.1 Å². The maximum Gasteiger partial charge on any atom is 0.267 e. The van der Waals surface area contributed by atoms with Crippen LogP contribution in [0.5, 0.6) is 0 Å². The molecule has 8 nitrogen and oxygen atoms in total. The number of nitrogens with zero attached hydrogens (tertiary/aromatic N) is 4. The van der Waals surface area contributed by atoms with Gasteiger partial charge in [-0.2, -0.15) is 10.4 Å². The first-order valence-corrected chi connectivity index (χ1v) is 12.6. The minimum absolute atomic E-state index is 0.0795. The van der Waals surface area contributed by atoms with Crippen LogP contribution >= 0.6 is 11.3 Å². The molecule has 1 aliphatic heterocycles. The fourth-order valence-corrected chi connectivity index (χ4v) is 5.72. The van der Waals surface area contributed by atoms with E-state index in [4.69, 9.17) is 4.74 Å². The number of nitriles is 1. The second-order valence-electron chi connectivity index (χ2n) is 8.89. The molecule has 3 aromatic rings. The Balaban J connectivity index is 1.43. The van der Waals surface area contributed by atoms with Crippen LogP contribution in [0.2, 0.25) is 0 Å². The third-order valence-electron chi connectivity index (χ3n) is 6.51. The Morgan fingerprint density at radius 1 is 1.26 bits per heavy atom. The van der Waals surface area contributed by atoms with Gasteiger partial charge in [0.25, 0.3) is 5.56 Å².